The van der Waals surface area contributed by atoms with Gasteiger partial charge in [0.15, 0.2) is 0 Å². The molecule has 0 aliphatic heterocycles. The number of hydrogen-bond acceptors (Lipinski definition) is 0. The van der Waals surface area contributed by atoms with Crippen molar-refractivity contribution in [2.45, 2.75) is 40.5 Å². The van der Waals surface area contributed by atoms with Crippen LogP contribution in [-0.4, -0.2) is 4.57 Å². The second-order valence-electron chi connectivity index (χ2n) is 3.49. The Morgan fingerprint density at radius 1 is 0.938 bits per heavy atom. The molecule has 0 N–H and O–H groups in total. The molecule has 1 heteroatoms. The summed E-state index contributed by atoms with van der Waals surface area (Å²) in [5, 5.41) is 1.31. The molecule has 0 radical (unpaired) electrons. The van der Waals surface area contributed by atoms with Gasteiger partial charge in [-0.05, 0) is 17.5 Å². The van der Waals surface area contributed by atoms with Crippen LogP contribution in [0.15, 0.2) is 36.5 Å². The highest BCUT2D eigenvalue weighted by atomic mass is 14.9. The summed E-state index contributed by atoms with van der Waals surface area (Å²) in [6.45, 7) is 8.36. The molecular formula is C15H25N. The molecule has 0 fully saturated rings. The van der Waals surface area contributed by atoms with Crippen molar-refractivity contribution in [3.05, 3.63) is 36.5 Å². The SMILES string of the molecule is CC.CCCC.Cn1ccc2ccccc21. The zero-order chi connectivity index (χ0) is 12.4. The highest BCUT2D eigenvalue weighted by molar-refractivity contribution is 5.79. The second kappa shape index (κ2) is 9.02. The maximum Gasteiger partial charge on any atom is 0.0477 e. The van der Waals surface area contributed by atoms with Crippen LogP contribution in [0.3, 0.4) is 0 Å². The molecule has 90 valence electrons. The summed E-state index contributed by atoms with van der Waals surface area (Å²) < 4.78 is 2.12. The molecule has 0 amide bonds. The van der Waals surface area contributed by atoms with Crippen molar-refractivity contribution in [2.24, 2.45) is 7.05 Å². The minimum atomic E-state index is 1.29. The first-order chi connectivity index (χ1) is 7.79. The summed E-state index contributed by atoms with van der Waals surface area (Å²) in [5.74, 6) is 0. The Labute approximate surface area is 100 Å². The largest absolute Gasteiger partial charge is 0.351 e. The fraction of sp³-hybridized carbons (Fsp3) is 0.467. The van der Waals surface area contributed by atoms with Crippen molar-refractivity contribution in [2.75, 3.05) is 0 Å². The fourth-order valence-electron chi connectivity index (χ4n) is 1.22. The van der Waals surface area contributed by atoms with Gasteiger partial charge in [-0.2, -0.15) is 0 Å². The van der Waals surface area contributed by atoms with Crippen molar-refractivity contribution in [3.63, 3.8) is 0 Å². The minimum Gasteiger partial charge on any atom is -0.351 e. The molecule has 1 aromatic carbocycles. The van der Waals surface area contributed by atoms with Gasteiger partial charge in [0.05, 0.1) is 0 Å². The minimum absolute atomic E-state index is 1.29. The summed E-state index contributed by atoms with van der Waals surface area (Å²) in [6.07, 6.45) is 4.71. The standard InChI is InChI=1S/C9H9N.C4H10.C2H6/c1-10-7-6-8-4-2-3-5-9(8)10;1-3-4-2;1-2/h2-7H,1H3;3-4H2,1-2H3;1-2H3. The Morgan fingerprint density at radius 2 is 1.50 bits per heavy atom. The predicted molar refractivity (Wildman–Crippen MR) is 74.8 cm³/mol. The van der Waals surface area contributed by atoms with Crippen molar-refractivity contribution in [3.8, 4) is 0 Å². The molecule has 16 heavy (non-hydrogen) atoms. The molecule has 0 bridgehead atoms. The summed E-state index contributed by atoms with van der Waals surface area (Å²) >= 11 is 0. The topological polar surface area (TPSA) is 4.93 Å². The molecule has 1 heterocycles. The molecule has 0 saturated heterocycles. The van der Waals surface area contributed by atoms with E-state index in [1.54, 1.807) is 0 Å². The van der Waals surface area contributed by atoms with E-state index in [9.17, 15) is 0 Å². The molecule has 0 aliphatic carbocycles. The van der Waals surface area contributed by atoms with Crippen LogP contribution >= 0.6 is 0 Å². The van der Waals surface area contributed by atoms with E-state index in [-0.39, 0.29) is 0 Å². The van der Waals surface area contributed by atoms with E-state index in [0.717, 1.165) is 0 Å². The van der Waals surface area contributed by atoms with E-state index in [2.05, 4.69) is 62.0 Å². The van der Waals surface area contributed by atoms with E-state index < -0.39 is 0 Å². The first-order valence-corrected chi connectivity index (χ1v) is 6.29. The van der Waals surface area contributed by atoms with Crippen LogP contribution in [0.1, 0.15) is 40.5 Å². The highest BCUT2D eigenvalue weighted by Gasteiger charge is 1.92. The highest BCUT2D eigenvalue weighted by Crippen LogP contribution is 2.12. The van der Waals surface area contributed by atoms with Crippen molar-refractivity contribution in [1.82, 2.24) is 4.57 Å². The quantitative estimate of drug-likeness (QED) is 0.635. The summed E-state index contributed by atoms with van der Waals surface area (Å²) in [5.41, 5.74) is 1.29. The van der Waals surface area contributed by atoms with Gasteiger partial charge < -0.3 is 4.57 Å². The van der Waals surface area contributed by atoms with Crippen LogP contribution in [0.25, 0.3) is 10.9 Å². The summed E-state index contributed by atoms with van der Waals surface area (Å²) in [7, 11) is 2.06. The number of aromatic nitrogens is 1. The molecule has 2 aromatic rings. The number of nitrogens with zero attached hydrogens (tertiary/aromatic N) is 1. The lowest BCUT2D eigenvalue weighted by atomic mass is 10.2. The van der Waals surface area contributed by atoms with Gasteiger partial charge in [-0.1, -0.05) is 58.7 Å². The lowest BCUT2D eigenvalue weighted by Gasteiger charge is -1.92. The van der Waals surface area contributed by atoms with E-state index in [0.29, 0.717) is 0 Å². The maximum absolute atomic E-state index is 2.18. The Morgan fingerprint density at radius 3 is 2.00 bits per heavy atom. The van der Waals surface area contributed by atoms with Crippen molar-refractivity contribution >= 4 is 10.9 Å². The molecular weight excluding hydrogens is 194 g/mol. The molecule has 0 aliphatic rings. The van der Waals surface area contributed by atoms with Crippen molar-refractivity contribution in [1.29, 1.82) is 0 Å². The zero-order valence-electron chi connectivity index (χ0n) is 11.3. The third-order valence-electron chi connectivity index (χ3n) is 2.29. The Hall–Kier alpha value is -1.24. The summed E-state index contributed by atoms with van der Waals surface area (Å²) in [6, 6.07) is 10.5. The Bertz CT molecular complexity index is 372. The third kappa shape index (κ3) is 4.52. The summed E-state index contributed by atoms with van der Waals surface area (Å²) in [4.78, 5) is 0. The molecule has 2 rings (SSSR count). The number of para-hydroxylation sites is 1. The van der Waals surface area contributed by atoms with Crippen LogP contribution in [0.2, 0.25) is 0 Å². The number of aryl methyl sites for hydroxylation is 1. The first kappa shape index (κ1) is 14.8. The van der Waals surface area contributed by atoms with E-state index in [4.69, 9.17) is 0 Å². The van der Waals surface area contributed by atoms with E-state index in [1.165, 1.54) is 23.7 Å². The average Bonchev–Trinajstić information content (AvgIpc) is 2.75. The molecule has 0 saturated carbocycles. The van der Waals surface area contributed by atoms with Crippen LogP contribution in [0, 0.1) is 0 Å². The lowest BCUT2D eigenvalue weighted by Crippen LogP contribution is -1.81. The molecule has 0 atom stereocenters. The fourth-order valence-corrected chi connectivity index (χ4v) is 1.22. The smallest absolute Gasteiger partial charge is 0.0477 e. The monoisotopic (exact) mass is 219 g/mol. The van der Waals surface area contributed by atoms with Crippen LogP contribution in [0.5, 0.6) is 0 Å². The van der Waals surface area contributed by atoms with Gasteiger partial charge in [0.1, 0.15) is 0 Å². The number of rotatable bonds is 1. The third-order valence-corrected chi connectivity index (χ3v) is 2.29. The number of fused-ring (bicyclic) bond motifs is 1. The predicted octanol–water partition coefficient (Wildman–Crippen LogP) is 5.01. The molecule has 0 spiro atoms. The van der Waals surface area contributed by atoms with E-state index in [1.807, 2.05) is 13.8 Å². The Kier molecular flexibility index (Phi) is 8.32. The Balaban J connectivity index is 0.000000323. The van der Waals surface area contributed by atoms with Crippen molar-refractivity contribution < 1.29 is 0 Å². The maximum atomic E-state index is 2.18. The van der Waals surface area contributed by atoms with Gasteiger partial charge in [-0.3, -0.25) is 0 Å². The van der Waals surface area contributed by atoms with Gasteiger partial charge >= 0.3 is 0 Å². The lowest BCUT2D eigenvalue weighted by molar-refractivity contribution is 0.886. The number of unbranched alkanes of at least 4 members (excludes halogenated alkanes) is 1. The van der Waals surface area contributed by atoms with Crippen LogP contribution in [-0.2, 0) is 7.05 Å². The normalized spacial score (nSPS) is 8.81. The molecule has 1 nitrogen and oxygen atoms in total. The van der Waals surface area contributed by atoms with Gasteiger partial charge in [-0.15, -0.1) is 0 Å². The first-order valence-electron chi connectivity index (χ1n) is 6.29. The van der Waals surface area contributed by atoms with Gasteiger partial charge in [-0.25, -0.2) is 0 Å². The number of benzene rings is 1. The second-order valence-corrected chi connectivity index (χ2v) is 3.49. The van der Waals surface area contributed by atoms with Gasteiger partial charge in [0.2, 0.25) is 0 Å². The average molecular weight is 219 g/mol. The van der Waals surface area contributed by atoms with Crippen LogP contribution < -0.4 is 0 Å². The van der Waals surface area contributed by atoms with Crippen LogP contribution in [0.4, 0.5) is 0 Å². The number of hydrogen-bond donors (Lipinski definition) is 0. The van der Waals surface area contributed by atoms with Gasteiger partial charge in [0, 0.05) is 18.8 Å². The molecule has 0 unspecified atom stereocenters. The van der Waals surface area contributed by atoms with Gasteiger partial charge in [0.25, 0.3) is 0 Å². The zero-order valence-corrected chi connectivity index (χ0v) is 11.3. The van der Waals surface area contributed by atoms with E-state index >= 15 is 0 Å². The molecule has 1 aromatic heterocycles.